The number of benzene rings is 1. The highest BCUT2D eigenvalue weighted by Gasteiger charge is 2.17. The van der Waals surface area contributed by atoms with E-state index in [9.17, 15) is 0 Å². The van der Waals surface area contributed by atoms with Gasteiger partial charge in [-0.25, -0.2) is 0 Å². The van der Waals surface area contributed by atoms with Gasteiger partial charge in [-0.3, -0.25) is 0 Å². The SMILES string of the molecule is COCOc1ccc([C@@H](C(C)C)N(C)C)cc1. The molecule has 96 valence electrons. The Morgan fingerprint density at radius 2 is 1.71 bits per heavy atom. The fourth-order valence-corrected chi connectivity index (χ4v) is 2.17. The normalized spacial score (nSPS) is 13.1. The van der Waals surface area contributed by atoms with Crippen LogP contribution < -0.4 is 4.74 Å². The van der Waals surface area contributed by atoms with Crippen molar-refractivity contribution in [3.63, 3.8) is 0 Å². The molecule has 0 heterocycles. The Morgan fingerprint density at radius 1 is 1.12 bits per heavy atom. The minimum atomic E-state index is 0.292. The molecule has 3 heteroatoms. The van der Waals surface area contributed by atoms with Crippen molar-refractivity contribution in [2.24, 2.45) is 5.92 Å². The topological polar surface area (TPSA) is 21.7 Å². The molecule has 0 radical (unpaired) electrons. The molecule has 0 bridgehead atoms. The van der Waals surface area contributed by atoms with Crippen LogP contribution in [0.2, 0.25) is 0 Å². The molecule has 0 aromatic heterocycles. The monoisotopic (exact) mass is 237 g/mol. The lowest BCUT2D eigenvalue weighted by atomic mass is 9.95. The van der Waals surface area contributed by atoms with Crippen molar-refractivity contribution >= 4 is 0 Å². The van der Waals surface area contributed by atoms with Gasteiger partial charge in [-0.05, 0) is 37.7 Å². The Kier molecular flexibility index (Phi) is 5.45. The number of rotatable bonds is 6. The second kappa shape index (κ2) is 6.62. The molecule has 0 spiro atoms. The summed E-state index contributed by atoms with van der Waals surface area (Å²) in [4.78, 5) is 2.25. The number of hydrogen-bond acceptors (Lipinski definition) is 3. The summed E-state index contributed by atoms with van der Waals surface area (Å²) in [5.41, 5.74) is 1.31. The maximum absolute atomic E-state index is 5.38. The predicted octanol–water partition coefficient (Wildman–Crippen LogP) is 2.93. The molecule has 0 saturated carbocycles. The van der Waals surface area contributed by atoms with Crippen molar-refractivity contribution in [1.29, 1.82) is 0 Å². The first kappa shape index (κ1) is 14.0. The smallest absolute Gasteiger partial charge is 0.188 e. The van der Waals surface area contributed by atoms with Gasteiger partial charge in [-0.2, -0.15) is 0 Å². The summed E-state index contributed by atoms with van der Waals surface area (Å²) in [5.74, 6) is 1.42. The maximum atomic E-state index is 5.38. The first-order valence-corrected chi connectivity index (χ1v) is 5.94. The van der Waals surface area contributed by atoms with Crippen LogP contribution in [0.4, 0.5) is 0 Å². The van der Waals surface area contributed by atoms with E-state index in [-0.39, 0.29) is 0 Å². The van der Waals surface area contributed by atoms with Crippen LogP contribution >= 0.6 is 0 Å². The molecule has 0 saturated heterocycles. The Bertz CT molecular complexity index is 311. The second-order valence-corrected chi connectivity index (χ2v) is 4.77. The van der Waals surface area contributed by atoms with Crippen LogP contribution in [0.5, 0.6) is 5.75 Å². The first-order valence-electron chi connectivity index (χ1n) is 5.94. The van der Waals surface area contributed by atoms with Gasteiger partial charge in [0.2, 0.25) is 0 Å². The summed E-state index contributed by atoms with van der Waals surface area (Å²) < 4.78 is 10.2. The van der Waals surface area contributed by atoms with Gasteiger partial charge < -0.3 is 14.4 Å². The highest BCUT2D eigenvalue weighted by atomic mass is 16.7. The summed E-state index contributed by atoms with van der Waals surface area (Å²) in [7, 11) is 5.84. The molecule has 0 aliphatic heterocycles. The van der Waals surface area contributed by atoms with E-state index >= 15 is 0 Å². The molecule has 0 aliphatic carbocycles. The largest absolute Gasteiger partial charge is 0.468 e. The molecule has 0 unspecified atom stereocenters. The molecule has 0 fully saturated rings. The van der Waals surface area contributed by atoms with Gasteiger partial charge in [0, 0.05) is 13.2 Å². The predicted molar refractivity (Wildman–Crippen MR) is 70.2 cm³/mol. The lowest BCUT2D eigenvalue weighted by Gasteiger charge is -2.28. The third kappa shape index (κ3) is 4.02. The van der Waals surface area contributed by atoms with E-state index in [4.69, 9.17) is 9.47 Å². The van der Waals surface area contributed by atoms with Crippen LogP contribution in [0.15, 0.2) is 24.3 Å². The van der Waals surface area contributed by atoms with Crippen LogP contribution in [0.3, 0.4) is 0 Å². The van der Waals surface area contributed by atoms with E-state index < -0.39 is 0 Å². The summed E-state index contributed by atoms with van der Waals surface area (Å²) in [6.45, 7) is 4.76. The van der Waals surface area contributed by atoms with E-state index in [2.05, 4.69) is 45.0 Å². The van der Waals surface area contributed by atoms with Crippen molar-refractivity contribution in [1.82, 2.24) is 4.90 Å². The van der Waals surface area contributed by atoms with Gasteiger partial charge in [0.1, 0.15) is 5.75 Å². The van der Waals surface area contributed by atoms with Crippen LogP contribution in [0.25, 0.3) is 0 Å². The van der Waals surface area contributed by atoms with Gasteiger partial charge in [0.15, 0.2) is 6.79 Å². The fourth-order valence-electron chi connectivity index (χ4n) is 2.17. The second-order valence-electron chi connectivity index (χ2n) is 4.77. The van der Waals surface area contributed by atoms with E-state index in [0.717, 1.165) is 5.75 Å². The molecule has 0 amide bonds. The minimum absolute atomic E-state index is 0.292. The molecule has 1 rings (SSSR count). The average Bonchev–Trinajstić information content (AvgIpc) is 2.27. The zero-order valence-corrected chi connectivity index (χ0v) is 11.4. The Balaban J connectivity index is 2.77. The van der Waals surface area contributed by atoms with Crippen molar-refractivity contribution < 1.29 is 9.47 Å². The van der Waals surface area contributed by atoms with Crippen molar-refractivity contribution in [3.05, 3.63) is 29.8 Å². The summed E-state index contributed by atoms with van der Waals surface area (Å²) >= 11 is 0. The Labute approximate surface area is 104 Å². The van der Waals surface area contributed by atoms with Crippen molar-refractivity contribution in [3.8, 4) is 5.75 Å². The van der Waals surface area contributed by atoms with Crippen LogP contribution in [-0.2, 0) is 4.74 Å². The molecule has 1 aromatic carbocycles. The van der Waals surface area contributed by atoms with Gasteiger partial charge >= 0.3 is 0 Å². The van der Waals surface area contributed by atoms with E-state index in [0.29, 0.717) is 18.8 Å². The zero-order chi connectivity index (χ0) is 12.8. The number of hydrogen-bond donors (Lipinski definition) is 0. The van der Waals surface area contributed by atoms with Gasteiger partial charge in [-0.15, -0.1) is 0 Å². The standard InChI is InChI=1S/C14H23NO2/c1-11(2)14(15(3)4)12-6-8-13(9-7-12)17-10-16-5/h6-9,11,14H,10H2,1-5H3/t14-/m1/s1. The van der Waals surface area contributed by atoms with E-state index in [1.54, 1.807) is 7.11 Å². The maximum Gasteiger partial charge on any atom is 0.188 e. The van der Waals surface area contributed by atoms with E-state index in [1.165, 1.54) is 5.56 Å². The van der Waals surface area contributed by atoms with Crippen molar-refractivity contribution in [2.45, 2.75) is 19.9 Å². The zero-order valence-electron chi connectivity index (χ0n) is 11.4. The number of nitrogens with zero attached hydrogens (tertiary/aromatic N) is 1. The first-order chi connectivity index (χ1) is 8.06. The summed E-state index contributed by atoms with van der Waals surface area (Å²) in [5, 5.41) is 0. The number of ether oxygens (including phenoxy) is 2. The quantitative estimate of drug-likeness (QED) is 0.710. The van der Waals surface area contributed by atoms with Crippen LogP contribution in [-0.4, -0.2) is 32.9 Å². The van der Waals surface area contributed by atoms with Crippen LogP contribution in [0.1, 0.15) is 25.5 Å². The lowest BCUT2D eigenvalue weighted by Crippen LogP contribution is -2.24. The lowest BCUT2D eigenvalue weighted by molar-refractivity contribution is 0.0511. The minimum Gasteiger partial charge on any atom is -0.468 e. The summed E-state index contributed by atoms with van der Waals surface area (Å²) in [6, 6.07) is 8.66. The third-order valence-electron chi connectivity index (χ3n) is 2.75. The average molecular weight is 237 g/mol. The van der Waals surface area contributed by atoms with Gasteiger partial charge in [-0.1, -0.05) is 26.0 Å². The number of methoxy groups -OCH3 is 1. The van der Waals surface area contributed by atoms with E-state index in [1.807, 2.05) is 12.1 Å². The van der Waals surface area contributed by atoms with Crippen LogP contribution in [0, 0.1) is 5.92 Å². The van der Waals surface area contributed by atoms with Gasteiger partial charge in [0.25, 0.3) is 0 Å². The molecule has 0 N–H and O–H groups in total. The Morgan fingerprint density at radius 3 is 2.12 bits per heavy atom. The highest BCUT2D eigenvalue weighted by Crippen LogP contribution is 2.27. The highest BCUT2D eigenvalue weighted by molar-refractivity contribution is 5.29. The summed E-state index contributed by atoms with van der Waals surface area (Å²) in [6.07, 6.45) is 0. The van der Waals surface area contributed by atoms with Crippen molar-refractivity contribution in [2.75, 3.05) is 28.0 Å². The molecule has 17 heavy (non-hydrogen) atoms. The van der Waals surface area contributed by atoms with Gasteiger partial charge in [0.05, 0.1) is 0 Å². The molecule has 0 aliphatic rings. The molecule has 3 nitrogen and oxygen atoms in total. The molecule has 1 atom stereocenters. The molecular formula is C14H23NO2. The molecular weight excluding hydrogens is 214 g/mol. The third-order valence-corrected chi connectivity index (χ3v) is 2.75. The Hall–Kier alpha value is -1.06. The fraction of sp³-hybridized carbons (Fsp3) is 0.571. The molecule has 1 aromatic rings.